The molecule has 0 aliphatic heterocycles. The Bertz CT molecular complexity index is 1560. The third kappa shape index (κ3) is 1.46. The molecule has 4 heteroatoms. The van der Waals surface area contributed by atoms with Gasteiger partial charge in [-0.3, -0.25) is 9.97 Å². The average Bonchev–Trinajstić information content (AvgIpc) is 2.77. The lowest BCUT2D eigenvalue weighted by Crippen LogP contribution is -1.93. The van der Waals surface area contributed by atoms with Gasteiger partial charge in [0.15, 0.2) is 0 Å². The summed E-state index contributed by atoms with van der Waals surface area (Å²) in [5.41, 5.74) is -0.627. The van der Waals surface area contributed by atoms with Crippen LogP contribution in [0.25, 0.3) is 43.9 Å². The minimum absolute atomic E-state index is 0.0423. The van der Waals surface area contributed by atoms with Gasteiger partial charge in [0.25, 0.3) is 0 Å². The maximum Gasteiger partial charge on any atom is 0.0996 e. The van der Waals surface area contributed by atoms with Crippen LogP contribution in [0, 0.1) is 0 Å². The molecular weight excluding hydrogens is 272 g/mol. The first-order valence-electron chi connectivity index (χ1n) is 11.3. The molecule has 0 fully saturated rings. The van der Waals surface area contributed by atoms with Crippen LogP contribution in [0.15, 0.2) is 60.7 Å². The largest absolute Gasteiger partial charge is 0.254 e. The zero-order valence-corrected chi connectivity index (χ0v) is 10.8. The van der Waals surface area contributed by atoms with Crippen molar-refractivity contribution in [3.63, 3.8) is 0 Å². The molecule has 3 heterocycles. The van der Waals surface area contributed by atoms with Gasteiger partial charge in [0.1, 0.15) is 0 Å². The van der Waals surface area contributed by atoms with Crippen molar-refractivity contribution in [3.8, 4) is 0 Å². The molecule has 102 valence electrons. The molecule has 0 saturated carbocycles. The van der Waals surface area contributed by atoms with Crippen LogP contribution >= 0.6 is 0 Å². The van der Waals surface area contributed by atoms with Crippen LogP contribution in [-0.4, -0.2) is 19.9 Å². The lowest BCUT2D eigenvalue weighted by Gasteiger charge is -2.08. The second-order valence-electron chi connectivity index (χ2n) is 4.51. The van der Waals surface area contributed by atoms with E-state index in [1.165, 1.54) is 0 Å². The summed E-state index contributed by atoms with van der Waals surface area (Å²) < 4.78 is 80.8. The summed E-state index contributed by atoms with van der Waals surface area (Å²) in [5, 5.41) is -0.0846. The van der Waals surface area contributed by atoms with E-state index in [0.717, 1.165) is 0 Å². The van der Waals surface area contributed by atoms with Gasteiger partial charge >= 0.3 is 0 Å². The van der Waals surface area contributed by atoms with Gasteiger partial charge in [-0.1, -0.05) is 12.1 Å². The molecule has 0 saturated heterocycles. The minimum atomic E-state index is -0.520. The summed E-state index contributed by atoms with van der Waals surface area (Å²) in [5.74, 6) is 0. The minimum Gasteiger partial charge on any atom is -0.254 e. The number of hydrogen-bond acceptors (Lipinski definition) is 4. The van der Waals surface area contributed by atoms with Crippen LogP contribution in [0.1, 0.15) is 13.7 Å². The number of hydrogen-bond donors (Lipinski definition) is 0. The lowest BCUT2D eigenvalue weighted by atomic mass is 10.1. The molecule has 4 nitrogen and oxygen atoms in total. The molecule has 0 N–H and O–H groups in total. The van der Waals surface area contributed by atoms with Gasteiger partial charge in [0, 0.05) is 23.1 Å². The molecule has 0 bridgehead atoms. The highest BCUT2D eigenvalue weighted by Gasteiger charge is 2.12. The predicted molar refractivity (Wildman–Crippen MR) is 87.6 cm³/mol. The number of pyridine rings is 2. The highest BCUT2D eigenvalue weighted by atomic mass is 14.8. The van der Waals surface area contributed by atoms with E-state index in [4.69, 9.17) is 13.7 Å². The number of aromatic nitrogens is 4. The van der Waals surface area contributed by atoms with Crippen LogP contribution < -0.4 is 0 Å². The zero-order valence-electron chi connectivity index (χ0n) is 20.8. The first-order valence-corrected chi connectivity index (χ1v) is 6.29. The number of para-hydroxylation sites is 2. The Balaban J connectivity index is 2.23. The molecule has 3 aromatic heterocycles. The van der Waals surface area contributed by atoms with Crippen LogP contribution in [0.5, 0.6) is 0 Å². The van der Waals surface area contributed by atoms with E-state index in [1.807, 2.05) is 0 Å². The SMILES string of the molecule is [2H]c1nc2c3nc([2H])c([2H])c([2H])c3c3nc4c([2H])c([2H])c([2H])c([2H])c4nc3c2c([2H])c1[2H]. The van der Waals surface area contributed by atoms with Gasteiger partial charge < -0.3 is 0 Å². The van der Waals surface area contributed by atoms with Gasteiger partial charge in [-0.05, 0) is 36.3 Å². The van der Waals surface area contributed by atoms with E-state index in [9.17, 15) is 0 Å². The van der Waals surface area contributed by atoms with Crippen molar-refractivity contribution in [1.82, 2.24) is 19.9 Å². The summed E-state index contributed by atoms with van der Waals surface area (Å²) in [6, 6.07) is -3.76. The van der Waals surface area contributed by atoms with Gasteiger partial charge in [-0.25, -0.2) is 9.97 Å². The van der Waals surface area contributed by atoms with Gasteiger partial charge in [-0.2, -0.15) is 0 Å². The zero-order chi connectivity index (χ0) is 23.2. The Morgan fingerprint density at radius 1 is 0.591 bits per heavy atom. The quantitative estimate of drug-likeness (QED) is 0.321. The van der Waals surface area contributed by atoms with E-state index in [1.54, 1.807) is 0 Å². The van der Waals surface area contributed by atoms with Crippen molar-refractivity contribution in [2.45, 2.75) is 0 Å². The molecular formula is C18H10N4. The Kier molecular flexibility index (Phi) is 1.06. The Labute approximate surface area is 139 Å². The molecule has 0 spiro atoms. The van der Waals surface area contributed by atoms with Crippen molar-refractivity contribution < 1.29 is 13.7 Å². The molecule has 0 radical (unpaired) electrons. The molecule has 2 aromatic carbocycles. The fourth-order valence-corrected chi connectivity index (χ4v) is 2.40. The van der Waals surface area contributed by atoms with Gasteiger partial charge in [0.2, 0.25) is 0 Å². The van der Waals surface area contributed by atoms with E-state index in [0.29, 0.717) is 0 Å². The second-order valence-corrected chi connectivity index (χ2v) is 4.51. The maximum absolute atomic E-state index is 8.39. The van der Waals surface area contributed by atoms with E-state index >= 15 is 0 Å². The Morgan fingerprint density at radius 3 is 1.59 bits per heavy atom. The summed E-state index contributed by atoms with van der Waals surface area (Å²) >= 11 is 0. The molecule has 0 atom stereocenters. The third-order valence-corrected chi connectivity index (χ3v) is 3.31. The van der Waals surface area contributed by atoms with Crippen molar-refractivity contribution in [2.75, 3.05) is 0 Å². The number of nitrogens with zero attached hydrogens (tertiary/aromatic N) is 4. The van der Waals surface area contributed by atoms with Crippen LogP contribution in [0.2, 0.25) is 0 Å². The monoisotopic (exact) mass is 292 g/mol. The molecule has 0 aliphatic rings. The summed E-state index contributed by atoms with van der Waals surface area (Å²) in [7, 11) is 0. The molecule has 5 aromatic rings. The maximum atomic E-state index is 8.39. The fraction of sp³-hybridized carbons (Fsp3) is 0. The average molecular weight is 292 g/mol. The van der Waals surface area contributed by atoms with Crippen molar-refractivity contribution >= 4 is 43.9 Å². The number of benzene rings is 2. The summed E-state index contributed by atoms with van der Waals surface area (Å²) in [6.45, 7) is 0. The second kappa shape index (κ2) is 4.18. The molecule has 0 unspecified atom stereocenters. The fourth-order valence-electron chi connectivity index (χ4n) is 2.40. The van der Waals surface area contributed by atoms with E-state index < -0.39 is 60.7 Å². The Hall–Kier alpha value is -3.14. The first kappa shape index (κ1) is 5.57. The highest BCUT2D eigenvalue weighted by Crippen LogP contribution is 2.31. The normalized spacial score (nSPS) is 18.0. The first-order chi connectivity index (χ1) is 15.0. The van der Waals surface area contributed by atoms with Crippen molar-refractivity contribution in [2.24, 2.45) is 0 Å². The van der Waals surface area contributed by atoms with Crippen LogP contribution in [-0.2, 0) is 0 Å². The van der Waals surface area contributed by atoms with Crippen molar-refractivity contribution in [1.29, 1.82) is 0 Å². The van der Waals surface area contributed by atoms with Gasteiger partial charge in [0.05, 0.1) is 46.8 Å². The highest BCUT2D eigenvalue weighted by molar-refractivity contribution is 6.21. The van der Waals surface area contributed by atoms with Crippen LogP contribution in [0.4, 0.5) is 0 Å². The molecule has 0 aliphatic carbocycles. The summed E-state index contributed by atoms with van der Waals surface area (Å²) in [4.78, 5) is 16.7. The van der Waals surface area contributed by atoms with Crippen molar-refractivity contribution in [3.05, 3.63) is 60.7 Å². The standard InChI is InChI=1S/C18H10N4/c1-2-8-14-13(7-1)21-17-11-5-3-9-19-15(11)16-12(18(17)22-14)6-4-10-20-16/h1-10H/i1D,2D,3D,4D,5D,6D,7D,8D,9D,10D. The molecule has 0 amide bonds. The third-order valence-electron chi connectivity index (χ3n) is 3.31. The summed E-state index contributed by atoms with van der Waals surface area (Å²) in [6.07, 6.45) is -1.04. The van der Waals surface area contributed by atoms with Gasteiger partial charge in [-0.15, -0.1) is 0 Å². The van der Waals surface area contributed by atoms with E-state index in [-0.39, 0.29) is 43.9 Å². The lowest BCUT2D eigenvalue weighted by molar-refractivity contribution is 1.36. The topological polar surface area (TPSA) is 51.6 Å². The van der Waals surface area contributed by atoms with E-state index in [2.05, 4.69) is 19.9 Å². The number of rotatable bonds is 0. The molecule has 5 rings (SSSR count). The Morgan fingerprint density at radius 2 is 1.09 bits per heavy atom. The van der Waals surface area contributed by atoms with Crippen LogP contribution in [0.3, 0.4) is 0 Å². The predicted octanol–water partition coefficient (Wildman–Crippen LogP) is 3.88. The number of fused-ring (bicyclic) bond motifs is 7. The smallest absolute Gasteiger partial charge is 0.0996 e. The molecule has 22 heavy (non-hydrogen) atoms.